The number of para-hydroxylation sites is 1. The normalized spacial score (nSPS) is 9.96. The highest BCUT2D eigenvalue weighted by Gasteiger charge is 2.15. The highest BCUT2D eigenvalue weighted by molar-refractivity contribution is 7.99. The van der Waals surface area contributed by atoms with E-state index in [1.54, 1.807) is 24.3 Å². The predicted molar refractivity (Wildman–Crippen MR) is 93.1 cm³/mol. The van der Waals surface area contributed by atoms with Crippen LogP contribution in [0.25, 0.3) is 0 Å². The Morgan fingerprint density at radius 2 is 2.04 bits per heavy atom. The second-order valence-electron chi connectivity index (χ2n) is 4.69. The molecule has 2 aromatic carbocycles. The third-order valence-electron chi connectivity index (χ3n) is 2.94. The van der Waals surface area contributed by atoms with E-state index in [1.807, 2.05) is 6.07 Å². The van der Waals surface area contributed by atoms with Gasteiger partial charge in [0, 0.05) is 4.90 Å². The first kappa shape index (κ1) is 18.8. The van der Waals surface area contributed by atoms with Gasteiger partial charge < -0.3 is 10.1 Å². The fraction of sp³-hybridized carbons (Fsp3) is 0.118. The fourth-order valence-electron chi connectivity index (χ4n) is 1.86. The molecule has 0 saturated heterocycles. The van der Waals surface area contributed by atoms with Gasteiger partial charge in [0.2, 0.25) is 0 Å². The third kappa shape index (κ3) is 5.48. The van der Waals surface area contributed by atoms with Crippen LogP contribution in [0.2, 0.25) is 5.02 Å². The molecule has 1 N–H and O–H groups in total. The van der Waals surface area contributed by atoms with Crippen LogP contribution in [-0.4, -0.2) is 24.2 Å². The predicted octanol–water partition coefficient (Wildman–Crippen LogP) is 3.89. The Labute approximate surface area is 152 Å². The SMILES string of the molecule is N#CCSc1ccccc1NC(=O)COC(=O)c1ccc(F)cc1Cl. The van der Waals surface area contributed by atoms with E-state index >= 15 is 0 Å². The molecule has 0 radical (unpaired) electrons. The summed E-state index contributed by atoms with van der Waals surface area (Å²) in [6.45, 7) is -0.524. The van der Waals surface area contributed by atoms with Gasteiger partial charge in [0.25, 0.3) is 5.91 Å². The number of rotatable bonds is 6. The second kappa shape index (κ2) is 9.06. The van der Waals surface area contributed by atoms with Crippen LogP contribution in [0.15, 0.2) is 47.4 Å². The third-order valence-corrected chi connectivity index (χ3v) is 4.19. The Morgan fingerprint density at radius 3 is 2.76 bits per heavy atom. The molecule has 128 valence electrons. The number of halogens is 2. The monoisotopic (exact) mass is 378 g/mol. The van der Waals surface area contributed by atoms with Crippen molar-refractivity contribution in [3.63, 3.8) is 0 Å². The van der Waals surface area contributed by atoms with E-state index in [2.05, 4.69) is 5.32 Å². The van der Waals surface area contributed by atoms with Gasteiger partial charge in [-0.15, -0.1) is 11.8 Å². The number of esters is 1. The van der Waals surface area contributed by atoms with Crippen LogP contribution < -0.4 is 5.32 Å². The fourth-order valence-corrected chi connectivity index (χ4v) is 2.77. The molecule has 0 aliphatic carbocycles. The minimum Gasteiger partial charge on any atom is -0.452 e. The Hall–Kier alpha value is -2.56. The summed E-state index contributed by atoms with van der Waals surface area (Å²) < 4.78 is 17.9. The number of hydrogen-bond acceptors (Lipinski definition) is 5. The number of nitrogens with one attached hydrogen (secondary N) is 1. The maximum absolute atomic E-state index is 13.0. The zero-order chi connectivity index (χ0) is 18.2. The smallest absolute Gasteiger partial charge is 0.340 e. The number of hydrogen-bond donors (Lipinski definition) is 1. The van der Waals surface area contributed by atoms with Crippen molar-refractivity contribution in [2.45, 2.75) is 4.90 Å². The van der Waals surface area contributed by atoms with Crippen molar-refractivity contribution in [1.29, 1.82) is 5.26 Å². The zero-order valence-corrected chi connectivity index (χ0v) is 14.4. The molecule has 0 aliphatic rings. The molecule has 5 nitrogen and oxygen atoms in total. The minimum atomic E-state index is -0.827. The lowest BCUT2D eigenvalue weighted by atomic mass is 10.2. The van der Waals surface area contributed by atoms with E-state index in [4.69, 9.17) is 21.6 Å². The van der Waals surface area contributed by atoms with Crippen molar-refractivity contribution in [3.05, 3.63) is 58.9 Å². The van der Waals surface area contributed by atoms with Crippen LogP contribution >= 0.6 is 23.4 Å². The van der Waals surface area contributed by atoms with Gasteiger partial charge in [0.05, 0.1) is 28.1 Å². The Kier molecular flexibility index (Phi) is 6.81. The molecule has 25 heavy (non-hydrogen) atoms. The van der Waals surface area contributed by atoms with Crippen molar-refractivity contribution in [2.75, 3.05) is 17.7 Å². The topological polar surface area (TPSA) is 79.2 Å². The van der Waals surface area contributed by atoms with E-state index in [9.17, 15) is 14.0 Å². The lowest BCUT2D eigenvalue weighted by Crippen LogP contribution is -2.21. The molecule has 0 spiro atoms. The van der Waals surface area contributed by atoms with Crippen molar-refractivity contribution in [1.82, 2.24) is 0 Å². The summed E-state index contributed by atoms with van der Waals surface area (Å²) in [4.78, 5) is 24.6. The molecular formula is C17H12ClFN2O3S. The van der Waals surface area contributed by atoms with Crippen molar-refractivity contribution in [3.8, 4) is 6.07 Å². The number of anilines is 1. The van der Waals surface area contributed by atoms with Crippen LogP contribution in [0.4, 0.5) is 10.1 Å². The molecule has 0 heterocycles. The van der Waals surface area contributed by atoms with Crippen LogP contribution in [0.5, 0.6) is 0 Å². The van der Waals surface area contributed by atoms with E-state index < -0.39 is 24.3 Å². The van der Waals surface area contributed by atoms with E-state index in [1.165, 1.54) is 17.8 Å². The van der Waals surface area contributed by atoms with Gasteiger partial charge in [-0.3, -0.25) is 4.79 Å². The van der Waals surface area contributed by atoms with Crippen molar-refractivity contribution in [2.24, 2.45) is 0 Å². The van der Waals surface area contributed by atoms with Crippen LogP contribution in [0, 0.1) is 17.1 Å². The first-order chi connectivity index (χ1) is 12.0. The van der Waals surface area contributed by atoms with Gasteiger partial charge in [-0.05, 0) is 30.3 Å². The van der Waals surface area contributed by atoms with Gasteiger partial charge in [0.1, 0.15) is 5.82 Å². The number of amides is 1. The van der Waals surface area contributed by atoms with E-state index in [0.29, 0.717) is 5.69 Å². The number of ether oxygens (including phenoxy) is 1. The molecule has 1 amide bonds. The maximum atomic E-state index is 13.0. The first-order valence-corrected chi connectivity index (χ1v) is 8.38. The Morgan fingerprint density at radius 1 is 1.28 bits per heavy atom. The molecule has 8 heteroatoms. The highest BCUT2D eigenvalue weighted by atomic mass is 35.5. The quantitative estimate of drug-likeness (QED) is 0.609. The van der Waals surface area contributed by atoms with E-state index in [0.717, 1.165) is 17.0 Å². The molecule has 2 aromatic rings. The molecule has 0 aliphatic heterocycles. The highest BCUT2D eigenvalue weighted by Crippen LogP contribution is 2.26. The standard InChI is InChI=1S/C17H12ClFN2O3S/c18-13-9-11(19)5-6-12(13)17(23)24-10-16(22)21-14-3-1-2-4-15(14)25-8-7-20/h1-6,9H,8,10H2,(H,21,22). The number of carbonyl (C=O) groups excluding carboxylic acids is 2. The van der Waals surface area contributed by atoms with Gasteiger partial charge >= 0.3 is 5.97 Å². The van der Waals surface area contributed by atoms with Gasteiger partial charge in [0.15, 0.2) is 6.61 Å². The summed E-state index contributed by atoms with van der Waals surface area (Å²) in [6.07, 6.45) is 0. The largest absolute Gasteiger partial charge is 0.452 e. The summed E-state index contributed by atoms with van der Waals surface area (Å²) in [5, 5.41) is 11.2. The van der Waals surface area contributed by atoms with Gasteiger partial charge in [-0.2, -0.15) is 5.26 Å². The molecule has 2 rings (SSSR count). The van der Waals surface area contributed by atoms with Gasteiger partial charge in [-0.1, -0.05) is 23.7 Å². The Balaban J connectivity index is 1.95. The number of nitrogens with zero attached hydrogens (tertiary/aromatic N) is 1. The lowest BCUT2D eigenvalue weighted by molar-refractivity contribution is -0.119. The summed E-state index contributed by atoms with van der Waals surface area (Å²) in [6, 6.07) is 12.2. The Bertz CT molecular complexity index is 839. The summed E-state index contributed by atoms with van der Waals surface area (Å²) in [5.41, 5.74) is 0.490. The molecule has 0 bridgehead atoms. The van der Waals surface area contributed by atoms with Crippen molar-refractivity contribution < 1.29 is 18.7 Å². The van der Waals surface area contributed by atoms with Crippen LogP contribution in [0.1, 0.15) is 10.4 Å². The summed E-state index contributed by atoms with van der Waals surface area (Å²) in [7, 11) is 0. The number of carbonyl (C=O) groups is 2. The van der Waals surface area contributed by atoms with Crippen molar-refractivity contribution >= 4 is 40.9 Å². The molecule has 0 saturated carbocycles. The summed E-state index contributed by atoms with van der Waals surface area (Å²) >= 11 is 7.05. The maximum Gasteiger partial charge on any atom is 0.340 e. The number of thioether (sulfide) groups is 1. The molecule has 0 fully saturated rings. The van der Waals surface area contributed by atoms with Crippen LogP contribution in [0.3, 0.4) is 0 Å². The number of nitriles is 1. The average Bonchev–Trinajstić information content (AvgIpc) is 2.59. The van der Waals surface area contributed by atoms with Gasteiger partial charge in [-0.25, -0.2) is 9.18 Å². The second-order valence-corrected chi connectivity index (χ2v) is 6.12. The molecule has 0 atom stereocenters. The molecule has 0 unspecified atom stereocenters. The first-order valence-electron chi connectivity index (χ1n) is 7.02. The average molecular weight is 379 g/mol. The molecule has 0 aromatic heterocycles. The summed E-state index contributed by atoms with van der Waals surface area (Å²) in [5.74, 6) is -1.71. The van der Waals surface area contributed by atoms with E-state index in [-0.39, 0.29) is 16.3 Å². The lowest BCUT2D eigenvalue weighted by Gasteiger charge is -2.10. The number of benzene rings is 2. The van der Waals surface area contributed by atoms with Crippen LogP contribution in [-0.2, 0) is 9.53 Å². The minimum absolute atomic E-state index is 0.0270. The zero-order valence-electron chi connectivity index (χ0n) is 12.8. The molecular weight excluding hydrogens is 367 g/mol.